The molecule has 1 heterocycles. The summed E-state index contributed by atoms with van der Waals surface area (Å²) in [5.41, 5.74) is 0.505. The Balaban J connectivity index is 1.53. The third-order valence-corrected chi connectivity index (χ3v) is 7.45. The SMILES string of the molecule is CCN(CC)C(=O)c1ccc(S(=O)(=O)N2CCN(CCOc3ccccc3)CC2)cc1. The Morgan fingerprint density at radius 3 is 2.13 bits per heavy atom. The van der Waals surface area contributed by atoms with Crippen molar-refractivity contribution in [2.75, 3.05) is 52.4 Å². The lowest BCUT2D eigenvalue weighted by molar-refractivity contribution is 0.0773. The van der Waals surface area contributed by atoms with Crippen LogP contribution in [0, 0.1) is 0 Å². The first-order chi connectivity index (χ1) is 15.0. The van der Waals surface area contributed by atoms with Gasteiger partial charge in [0.1, 0.15) is 12.4 Å². The van der Waals surface area contributed by atoms with Gasteiger partial charge in [-0.15, -0.1) is 0 Å². The molecule has 7 nitrogen and oxygen atoms in total. The predicted octanol–water partition coefficient (Wildman–Crippen LogP) is 2.55. The van der Waals surface area contributed by atoms with Gasteiger partial charge in [-0.05, 0) is 50.2 Å². The highest BCUT2D eigenvalue weighted by Gasteiger charge is 2.28. The molecule has 31 heavy (non-hydrogen) atoms. The molecule has 168 valence electrons. The Morgan fingerprint density at radius 2 is 1.55 bits per heavy atom. The quantitative estimate of drug-likeness (QED) is 0.593. The summed E-state index contributed by atoms with van der Waals surface area (Å²) in [4.78, 5) is 16.6. The van der Waals surface area contributed by atoms with Gasteiger partial charge in [0, 0.05) is 51.4 Å². The molecule has 0 unspecified atom stereocenters. The summed E-state index contributed by atoms with van der Waals surface area (Å²) < 4.78 is 33.3. The number of amides is 1. The van der Waals surface area contributed by atoms with Crippen LogP contribution in [0.3, 0.4) is 0 Å². The lowest BCUT2D eigenvalue weighted by Crippen LogP contribution is -2.49. The van der Waals surface area contributed by atoms with Crippen molar-refractivity contribution >= 4 is 15.9 Å². The average Bonchev–Trinajstić information content (AvgIpc) is 2.81. The number of ether oxygens (including phenoxy) is 1. The molecule has 1 aliphatic heterocycles. The van der Waals surface area contributed by atoms with Crippen LogP contribution in [-0.2, 0) is 10.0 Å². The normalized spacial score (nSPS) is 15.5. The van der Waals surface area contributed by atoms with E-state index in [4.69, 9.17) is 4.74 Å². The second-order valence-corrected chi connectivity index (χ2v) is 9.35. The summed E-state index contributed by atoms with van der Waals surface area (Å²) in [6, 6.07) is 15.9. The van der Waals surface area contributed by atoms with Crippen molar-refractivity contribution in [1.82, 2.24) is 14.1 Å². The molecule has 8 heteroatoms. The van der Waals surface area contributed by atoms with Gasteiger partial charge in [-0.1, -0.05) is 18.2 Å². The second kappa shape index (κ2) is 10.7. The lowest BCUT2D eigenvalue weighted by atomic mass is 10.2. The maximum absolute atomic E-state index is 13.0. The number of rotatable bonds is 9. The number of para-hydroxylation sites is 1. The van der Waals surface area contributed by atoms with Gasteiger partial charge in [0.2, 0.25) is 10.0 Å². The minimum atomic E-state index is -3.57. The number of hydrogen-bond acceptors (Lipinski definition) is 5. The van der Waals surface area contributed by atoms with Crippen molar-refractivity contribution in [2.45, 2.75) is 18.7 Å². The highest BCUT2D eigenvalue weighted by atomic mass is 32.2. The molecule has 0 bridgehead atoms. The van der Waals surface area contributed by atoms with Crippen LogP contribution in [0.1, 0.15) is 24.2 Å². The Labute approximate surface area is 185 Å². The van der Waals surface area contributed by atoms with Crippen LogP contribution in [-0.4, -0.2) is 80.9 Å². The fourth-order valence-electron chi connectivity index (χ4n) is 3.61. The number of sulfonamides is 1. The number of carbonyl (C=O) groups excluding carboxylic acids is 1. The first kappa shape index (κ1) is 23.2. The fourth-order valence-corrected chi connectivity index (χ4v) is 5.04. The third kappa shape index (κ3) is 5.84. The summed E-state index contributed by atoms with van der Waals surface area (Å²) in [6.07, 6.45) is 0. The molecule has 1 saturated heterocycles. The second-order valence-electron chi connectivity index (χ2n) is 7.41. The molecule has 0 radical (unpaired) electrons. The summed E-state index contributed by atoms with van der Waals surface area (Å²) in [6.45, 7) is 8.62. The molecule has 1 aliphatic rings. The van der Waals surface area contributed by atoms with Gasteiger partial charge in [-0.25, -0.2) is 8.42 Å². The van der Waals surface area contributed by atoms with Gasteiger partial charge in [-0.3, -0.25) is 9.69 Å². The number of piperazine rings is 1. The monoisotopic (exact) mass is 445 g/mol. The molecular weight excluding hydrogens is 414 g/mol. The maximum Gasteiger partial charge on any atom is 0.253 e. The van der Waals surface area contributed by atoms with Crippen LogP contribution >= 0.6 is 0 Å². The molecule has 2 aromatic carbocycles. The van der Waals surface area contributed by atoms with Gasteiger partial charge >= 0.3 is 0 Å². The largest absolute Gasteiger partial charge is 0.492 e. The van der Waals surface area contributed by atoms with Crippen molar-refractivity contribution in [3.63, 3.8) is 0 Å². The smallest absolute Gasteiger partial charge is 0.253 e. The summed E-state index contributed by atoms with van der Waals surface area (Å²) in [5, 5.41) is 0. The van der Waals surface area contributed by atoms with E-state index in [2.05, 4.69) is 4.90 Å². The minimum Gasteiger partial charge on any atom is -0.492 e. The summed E-state index contributed by atoms with van der Waals surface area (Å²) >= 11 is 0. The zero-order valence-corrected chi connectivity index (χ0v) is 19.1. The number of hydrogen-bond donors (Lipinski definition) is 0. The number of benzene rings is 2. The van der Waals surface area contributed by atoms with Gasteiger partial charge in [0.05, 0.1) is 4.90 Å². The van der Waals surface area contributed by atoms with Crippen LogP contribution in [0.4, 0.5) is 0 Å². The highest BCUT2D eigenvalue weighted by Crippen LogP contribution is 2.19. The Morgan fingerprint density at radius 1 is 0.935 bits per heavy atom. The maximum atomic E-state index is 13.0. The Kier molecular flexibility index (Phi) is 8.06. The standard InChI is InChI=1S/C23H31N3O4S/c1-3-25(4-2)23(27)20-10-12-22(13-11-20)31(28,29)26-16-14-24(15-17-26)18-19-30-21-8-6-5-7-9-21/h5-13H,3-4,14-19H2,1-2H3. The molecule has 0 aromatic heterocycles. The van der Waals surface area contributed by atoms with Crippen molar-refractivity contribution in [1.29, 1.82) is 0 Å². The minimum absolute atomic E-state index is 0.0831. The molecule has 1 amide bonds. The predicted molar refractivity (Wildman–Crippen MR) is 121 cm³/mol. The van der Waals surface area contributed by atoms with Gasteiger partial charge in [-0.2, -0.15) is 4.31 Å². The lowest BCUT2D eigenvalue weighted by Gasteiger charge is -2.33. The molecule has 3 rings (SSSR count). The van der Waals surface area contributed by atoms with Crippen LogP contribution in [0.25, 0.3) is 0 Å². The van der Waals surface area contributed by atoms with Crippen LogP contribution in [0.5, 0.6) is 5.75 Å². The van der Waals surface area contributed by atoms with Gasteiger partial charge in [0.25, 0.3) is 5.91 Å². The van der Waals surface area contributed by atoms with E-state index in [1.165, 1.54) is 16.4 Å². The van der Waals surface area contributed by atoms with E-state index in [-0.39, 0.29) is 10.8 Å². The van der Waals surface area contributed by atoms with Crippen molar-refractivity contribution < 1.29 is 17.9 Å². The van der Waals surface area contributed by atoms with E-state index in [0.29, 0.717) is 51.4 Å². The molecule has 0 N–H and O–H groups in total. The fraction of sp³-hybridized carbons (Fsp3) is 0.435. The van der Waals surface area contributed by atoms with Crippen molar-refractivity contribution in [2.24, 2.45) is 0 Å². The topological polar surface area (TPSA) is 70.2 Å². The molecule has 2 aromatic rings. The van der Waals surface area contributed by atoms with Crippen LogP contribution in [0.2, 0.25) is 0 Å². The summed E-state index contributed by atoms with van der Waals surface area (Å²) in [7, 11) is -3.57. The van der Waals surface area contributed by atoms with Crippen LogP contribution < -0.4 is 4.74 Å². The average molecular weight is 446 g/mol. The first-order valence-corrected chi connectivity index (χ1v) is 12.2. The molecule has 0 saturated carbocycles. The van der Waals surface area contributed by atoms with E-state index in [1.807, 2.05) is 44.2 Å². The zero-order chi connectivity index (χ0) is 22.3. The Hall–Kier alpha value is -2.42. The molecule has 1 fully saturated rings. The Bertz CT molecular complexity index is 937. The van der Waals surface area contributed by atoms with E-state index in [0.717, 1.165) is 12.3 Å². The molecule has 0 spiro atoms. The summed E-state index contributed by atoms with van der Waals surface area (Å²) in [5.74, 6) is 0.756. The van der Waals surface area contributed by atoms with E-state index in [1.54, 1.807) is 17.0 Å². The third-order valence-electron chi connectivity index (χ3n) is 5.54. The van der Waals surface area contributed by atoms with Gasteiger partial charge in [0.15, 0.2) is 0 Å². The molecular formula is C23H31N3O4S. The number of carbonyl (C=O) groups is 1. The van der Waals surface area contributed by atoms with E-state index >= 15 is 0 Å². The van der Waals surface area contributed by atoms with Crippen molar-refractivity contribution in [3.05, 3.63) is 60.2 Å². The van der Waals surface area contributed by atoms with Crippen LogP contribution in [0.15, 0.2) is 59.5 Å². The van der Waals surface area contributed by atoms with Gasteiger partial charge < -0.3 is 9.64 Å². The first-order valence-electron chi connectivity index (χ1n) is 10.8. The number of nitrogens with zero attached hydrogens (tertiary/aromatic N) is 3. The van der Waals surface area contributed by atoms with E-state index < -0.39 is 10.0 Å². The molecule has 0 aliphatic carbocycles. The highest BCUT2D eigenvalue weighted by molar-refractivity contribution is 7.89. The van der Waals surface area contributed by atoms with Crippen molar-refractivity contribution in [3.8, 4) is 5.75 Å². The molecule has 0 atom stereocenters. The van der Waals surface area contributed by atoms with E-state index in [9.17, 15) is 13.2 Å². The zero-order valence-electron chi connectivity index (χ0n) is 18.2.